The van der Waals surface area contributed by atoms with Crippen molar-refractivity contribution in [2.45, 2.75) is 31.9 Å². The van der Waals surface area contributed by atoms with Gasteiger partial charge in [0.1, 0.15) is 5.75 Å². The third kappa shape index (κ3) is 4.62. The summed E-state index contributed by atoms with van der Waals surface area (Å²) in [7, 11) is 1.67. The first-order chi connectivity index (χ1) is 11.3. The highest BCUT2D eigenvalue weighted by Gasteiger charge is 2.30. The summed E-state index contributed by atoms with van der Waals surface area (Å²) >= 11 is 0. The van der Waals surface area contributed by atoms with Gasteiger partial charge in [-0.2, -0.15) is 0 Å². The maximum absolute atomic E-state index is 12.9. The van der Waals surface area contributed by atoms with Crippen LogP contribution in [-0.2, 0) is 16.1 Å². The van der Waals surface area contributed by atoms with Gasteiger partial charge in [-0.05, 0) is 31.9 Å². The largest absolute Gasteiger partial charge is 0.496 e. The Morgan fingerprint density at radius 2 is 2.21 bits per heavy atom. The van der Waals surface area contributed by atoms with E-state index in [1.807, 2.05) is 29.2 Å². The molecule has 1 aromatic carbocycles. The summed E-state index contributed by atoms with van der Waals surface area (Å²) in [5.41, 5.74) is 1.05. The van der Waals surface area contributed by atoms with E-state index in [-0.39, 0.29) is 30.3 Å². The molecule has 2 fully saturated rings. The summed E-state index contributed by atoms with van der Waals surface area (Å²) in [6, 6.07) is 7.92. The SMILES string of the molecule is COc1ccccc1CN(CC1CCCO1)C(=O)C1CCNC1.Cl. The monoisotopic (exact) mass is 354 g/mol. The lowest BCUT2D eigenvalue weighted by Crippen LogP contribution is -2.41. The van der Waals surface area contributed by atoms with E-state index in [2.05, 4.69) is 5.32 Å². The van der Waals surface area contributed by atoms with Gasteiger partial charge >= 0.3 is 0 Å². The van der Waals surface area contributed by atoms with Crippen LogP contribution in [0.3, 0.4) is 0 Å². The van der Waals surface area contributed by atoms with Crippen LogP contribution in [0, 0.1) is 5.92 Å². The molecule has 0 radical (unpaired) electrons. The van der Waals surface area contributed by atoms with Crippen LogP contribution in [0.5, 0.6) is 5.75 Å². The molecule has 0 aromatic heterocycles. The van der Waals surface area contributed by atoms with Crippen LogP contribution >= 0.6 is 12.4 Å². The van der Waals surface area contributed by atoms with E-state index in [4.69, 9.17) is 9.47 Å². The van der Waals surface area contributed by atoms with Crippen molar-refractivity contribution in [1.29, 1.82) is 0 Å². The normalized spacial score (nSPS) is 22.9. The van der Waals surface area contributed by atoms with E-state index >= 15 is 0 Å². The molecule has 6 heteroatoms. The molecule has 5 nitrogen and oxygen atoms in total. The molecule has 3 rings (SSSR count). The fourth-order valence-electron chi connectivity index (χ4n) is 3.43. The van der Waals surface area contributed by atoms with Crippen LogP contribution in [0.1, 0.15) is 24.8 Å². The second kappa shape index (κ2) is 9.25. The Morgan fingerprint density at radius 1 is 1.38 bits per heavy atom. The Morgan fingerprint density at radius 3 is 2.88 bits per heavy atom. The number of nitrogens with one attached hydrogen (secondary N) is 1. The topological polar surface area (TPSA) is 50.8 Å². The van der Waals surface area contributed by atoms with Crippen molar-refractivity contribution in [3.63, 3.8) is 0 Å². The lowest BCUT2D eigenvalue weighted by atomic mass is 10.1. The number of methoxy groups -OCH3 is 1. The molecule has 0 bridgehead atoms. The zero-order valence-electron chi connectivity index (χ0n) is 14.2. The van der Waals surface area contributed by atoms with Gasteiger partial charge in [0.05, 0.1) is 19.1 Å². The summed E-state index contributed by atoms with van der Waals surface area (Å²) in [5, 5.41) is 3.28. The molecule has 2 aliphatic rings. The van der Waals surface area contributed by atoms with Crippen LogP contribution in [0.15, 0.2) is 24.3 Å². The van der Waals surface area contributed by atoms with Crippen molar-refractivity contribution >= 4 is 18.3 Å². The molecule has 1 N–H and O–H groups in total. The number of ether oxygens (including phenoxy) is 2. The third-order valence-corrected chi connectivity index (χ3v) is 4.72. The maximum atomic E-state index is 12.9. The van der Waals surface area contributed by atoms with Crippen molar-refractivity contribution in [1.82, 2.24) is 10.2 Å². The molecule has 1 amide bonds. The van der Waals surface area contributed by atoms with E-state index < -0.39 is 0 Å². The molecule has 0 saturated carbocycles. The second-order valence-electron chi connectivity index (χ2n) is 6.36. The number of amides is 1. The fourth-order valence-corrected chi connectivity index (χ4v) is 3.43. The number of benzene rings is 1. The number of rotatable bonds is 6. The summed E-state index contributed by atoms with van der Waals surface area (Å²) in [6.45, 7) is 3.78. The molecule has 0 aliphatic carbocycles. The highest BCUT2D eigenvalue weighted by Crippen LogP contribution is 2.23. The average Bonchev–Trinajstić information content (AvgIpc) is 3.27. The molecule has 2 aliphatic heterocycles. The van der Waals surface area contributed by atoms with Gasteiger partial charge in [0.25, 0.3) is 0 Å². The summed E-state index contributed by atoms with van der Waals surface area (Å²) in [5.74, 6) is 1.16. The number of halogens is 1. The molecular formula is C18H27ClN2O3. The van der Waals surface area contributed by atoms with Crippen LogP contribution in [-0.4, -0.2) is 50.3 Å². The lowest BCUT2D eigenvalue weighted by Gasteiger charge is -2.28. The van der Waals surface area contributed by atoms with Gasteiger partial charge in [-0.25, -0.2) is 0 Å². The number of nitrogens with zero attached hydrogens (tertiary/aromatic N) is 1. The van der Waals surface area contributed by atoms with Crippen molar-refractivity contribution in [2.24, 2.45) is 5.92 Å². The molecule has 2 heterocycles. The Hall–Kier alpha value is -1.30. The van der Waals surface area contributed by atoms with Gasteiger partial charge in [-0.1, -0.05) is 18.2 Å². The number of hydrogen-bond donors (Lipinski definition) is 1. The van der Waals surface area contributed by atoms with Gasteiger partial charge in [-0.3, -0.25) is 4.79 Å². The predicted octanol–water partition coefficient (Wildman–Crippen LogP) is 2.23. The number of carbonyl (C=O) groups is 1. The number of carbonyl (C=O) groups excluding carboxylic acids is 1. The highest BCUT2D eigenvalue weighted by molar-refractivity contribution is 5.85. The summed E-state index contributed by atoms with van der Waals surface area (Å²) in [6.07, 6.45) is 3.22. The summed E-state index contributed by atoms with van der Waals surface area (Å²) in [4.78, 5) is 14.9. The average molecular weight is 355 g/mol. The Kier molecular flexibility index (Phi) is 7.34. The first-order valence-electron chi connectivity index (χ1n) is 8.51. The first kappa shape index (κ1) is 19.0. The standard InChI is InChI=1S/C18H26N2O3.ClH/c1-22-17-7-3-2-5-15(17)12-20(13-16-6-4-10-23-16)18(21)14-8-9-19-11-14;/h2-3,5,7,14,16,19H,4,6,8-13H2,1H3;1H. The van der Waals surface area contributed by atoms with Crippen molar-refractivity contribution in [2.75, 3.05) is 33.4 Å². The third-order valence-electron chi connectivity index (χ3n) is 4.72. The first-order valence-corrected chi connectivity index (χ1v) is 8.51. The zero-order valence-corrected chi connectivity index (χ0v) is 15.0. The van der Waals surface area contributed by atoms with Crippen molar-refractivity contribution in [3.05, 3.63) is 29.8 Å². The van der Waals surface area contributed by atoms with Crippen LogP contribution in [0.4, 0.5) is 0 Å². The van der Waals surface area contributed by atoms with E-state index in [1.165, 1.54) is 0 Å². The quantitative estimate of drug-likeness (QED) is 0.851. The molecule has 0 spiro atoms. The Labute approximate surface area is 150 Å². The van der Waals surface area contributed by atoms with Crippen LogP contribution in [0.2, 0.25) is 0 Å². The van der Waals surface area contributed by atoms with Gasteiger partial charge in [-0.15, -0.1) is 12.4 Å². The van der Waals surface area contributed by atoms with Gasteiger partial charge in [0, 0.05) is 31.8 Å². The fraction of sp³-hybridized carbons (Fsp3) is 0.611. The van der Waals surface area contributed by atoms with Gasteiger partial charge in [0.15, 0.2) is 0 Å². The minimum atomic E-state index is 0. The van der Waals surface area contributed by atoms with Crippen LogP contribution < -0.4 is 10.1 Å². The number of para-hydroxylation sites is 1. The Bertz CT molecular complexity index is 529. The van der Waals surface area contributed by atoms with E-state index in [9.17, 15) is 4.79 Å². The molecule has 2 unspecified atom stereocenters. The smallest absolute Gasteiger partial charge is 0.227 e. The van der Waals surface area contributed by atoms with Gasteiger partial charge < -0.3 is 19.7 Å². The Balaban J connectivity index is 0.00000208. The molecule has 2 saturated heterocycles. The van der Waals surface area contributed by atoms with E-state index in [0.717, 1.165) is 50.3 Å². The number of hydrogen-bond acceptors (Lipinski definition) is 4. The highest BCUT2D eigenvalue weighted by atomic mass is 35.5. The summed E-state index contributed by atoms with van der Waals surface area (Å²) < 4.78 is 11.2. The molecule has 2 atom stereocenters. The lowest BCUT2D eigenvalue weighted by molar-refractivity contribution is -0.137. The molecule has 134 valence electrons. The minimum absolute atomic E-state index is 0. The predicted molar refractivity (Wildman–Crippen MR) is 95.6 cm³/mol. The molecule has 1 aromatic rings. The van der Waals surface area contributed by atoms with Crippen molar-refractivity contribution in [3.8, 4) is 5.75 Å². The molecular weight excluding hydrogens is 328 g/mol. The second-order valence-corrected chi connectivity index (χ2v) is 6.36. The van der Waals surface area contributed by atoms with Gasteiger partial charge in [0.2, 0.25) is 5.91 Å². The molecule has 24 heavy (non-hydrogen) atoms. The van der Waals surface area contributed by atoms with Crippen LogP contribution in [0.25, 0.3) is 0 Å². The zero-order chi connectivity index (χ0) is 16.1. The van der Waals surface area contributed by atoms with Crippen molar-refractivity contribution < 1.29 is 14.3 Å². The minimum Gasteiger partial charge on any atom is -0.496 e. The maximum Gasteiger partial charge on any atom is 0.227 e. The van der Waals surface area contributed by atoms with E-state index in [0.29, 0.717) is 13.1 Å². The van der Waals surface area contributed by atoms with E-state index in [1.54, 1.807) is 7.11 Å².